The number of hydrogen-bond acceptors (Lipinski definition) is 5. The van der Waals surface area contributed by atoms with Crippen molar-refractivity contribution in [2.45, 2.75) is 11.3 Å². The summed E-state index contributed by atoms with van der Waals surface area (Å²) in [5, 5.41) is 0. The van der Waals surface area contributed by atoms with E-state index in [9.17, 15) is 8.42 Å². The molecule has 0 amide bonds. The molecule has 0 saturated carbocycles. The van der Waals surface area contributed by atoms with Crippen molar-refractivity contribution in [1.82, 2.24) is 14.7 Å². The lowest BCUT2D eigenvalue weighted by molar-refractivity contribution is 0.354. The topological polar surface area (TPSA) is 93.3 Å². The van der Waals surface area contributed by atoms with Crippen LogP contribution in [0.4, 0.5) is 0 Å². The van der Waals surface area contributed by atoms with Crippen LogP contribution < -0.4 is 14.2 Å². The zero-order chi connectivity index (χ0) is 15.3. The van der Waals surface area contributed by atoms with E-state index in [-0.39, 0.29) is 11.4 Å². The Labute approximate surface area is 123 Å². The Morgan fingerprint density at radius 2 is 2.00 bits per heavy atom. The Bertz CT molecular complexity index is 683. The van der Waals surface area contributed by atoms with Crippen molar-refractivity contribution in [1.29, 1.82) is 0 Å². The van der Waals surface area contributed by atoms with Gasteiger partial charge >= 0.3 is 0 Å². The molecule has 2 N–H and O–H groups in total. The van der Waals surface area contributed by atoms with Gasteiger partial charge in [0, 0.05) is 30.9 Å². The molecule has 1 heterocycles. The second kappa shape index (κ2) is 6.59. The number of ether oxygens (including phenoxy) is 2. The van der Waals surface area contributed by atoms with Gasteiger partial charge in [0.25, 0.3) is 0 Å². The summed E-state index contributed by atoms with van der Waals surface area (Å²) in [6.07, 6.45) is 3.75. The number of nitrogens with zero attached hydrogens (tertiary/aromatic N) is 1. The first-order valence-electron chi connectivity index (χ1n) is 6.26. The third-order valence-corrected chi connectivity index (χ3v) is 4.37. The highest BCUT2D eigenvalue weighted by atomic mass is 32.2. The molecule has 0 unspecified atom stereocenters. The van der Waals surface area contributed by atoms with Crippen LogP contribution in [0.3, 0.4) is 0 Å². The smallest absolute Gasteiger partial charge is 0.240 e. The fraction of sp³-hybridized carbons (Fsp3) is 0.308. The van der Waals surface area contributed by atoms with Gasteiger partial charge in [-0.15, -0.1) is 0 Å². The van der Waals surface area contributed by atoms with E-state index in [0.29, 0.717) is 17.9 Å². The Kier molecular flexibility index (Phi) is 4.81. The molecule has 1 aromatic carbocycles. The minimum absolute atomic E-state index is 0.129. The first-order valence-corrected chi connectivity index (χ1v) is 7.74. The van der Waals surface area contributed by atoms with Crippen molar-refractivity contribution in [3.63, 3.8) is 0 Å². The zero-order valence-corrected chi connectivity index (χ0v) is 12.6. The SMILES string of the molecule is COc1ccc(S(=O)(=O)NCCc2cnc[nH]2)cc1OC. The monoisotopic (exact) mass is 311 g/mol. The van der Waals surface area contributed by atoms with Crippen LogP contribution in [0.2, 0.25) is 0 Å². The van der Waals surface area contributed by atoms with E-state index >= 15 is 0 Å². The lowest BCUT2D eigenvalue weighted by Crippen LogP contribution is -2.26. The van der Waals surface area contributed by atoms with Gasteiger partial charge in [-0.05, 0) is 12.1 Å². The molecule has 114 valence electrons. The van der Waals surface area contributed by atoms with E-state index in [4.69, 9.17) is 9.47 Å². The van der Waals surface area contributed by atoms with Crippen LogP contribution >= 0.6 is 0 Å². The highest BCUT2D eigenvalue weighted by molar-refractivity contribution is 7.89. The predicted molar refractivity (Wildman–Crippen MR) is 77.0 cm³/mol. The zero-order valence-electron chi connectivity index (χ0n) is 11.8. The molecule has 21 heavy (non-hydrogen) atoms. The van der Waals surface area contributed by atoms with Crippen molar-refractivity contribution in [3.05, 3.63) is 36.4 Å². The van der Waals surface area contributed by atoms with Crippen LogP contribution in [-0.2, 0) is 16.4 Å². The molecule has 0 saturated heterocycles. The number of nitrogens with one attached hydrogen (secondary N) is 2. The van der Waals surface area contributed by atoms with Gasteiger partial charge < -0.3 is 14.5 Å². The number of rotatable bonds is 7. The van der Waals surface area contributed by atoms with Crippen molar-refractivity contribution in [2.24, 2.45) is 0 Å². The molecule has 0 radical (unpaired) electrons. The van der Waals surface area contributed by atoms with E-state index in [2.05, 4.69) is 14.7 Å². The second-order valence-corrected chi connectivity index (χ2v) is 6.01. The van der Waals surface area contributed by atoms with Crippen LogP contribution in [0.5, 0.6) is 11.5 Å². The number of H-pyrrole nitrogens is 1. The maximum Gasteiger partial charge on any atom is 0.240 e. The first kappa shape index (κ1) is 15.3. The summed E-state index contributed by atoms with van der Waals surface area (Å²) in [7, 11) is -0.638. The average Bonchev–Trinajstić information content (AvgIpc) is 2.99. The molecule has 0 aliphatic carbocycles. The summed E-state index contributed by atoms with van der Waals surface area (Å²) < 4.78 is 37.1. The predicted octanol–water partition coefficient (Wildman–Crippen LogP) is 0.948. The lowest BCUT2D eigenvalue weighted by atomic mass is 10.3. The third kappa shape index (κ3) is 3.73. The van der Waals surface area contributed by atoms with Gasteiger partial charge in [0.2, 0.25) is 10.0 Å². The number of aromatic nitrogens is 2. The number of hydrogen-bond donors (Lipinski definition) is 2. The maximum absolute atomic E-state index is 12.2. The quantitative estimate of drug-likeness (QED) is 0.794. The van der Waals surface area contributed by atoms with Crippen LogP contribution in [-0.4, -0.2) is 39.2 Å². The summed E-state index contributed by atoms with van der Waals surface area (Å²) in [6.45, 7) is 0.277. The van der Waals surface area contributed by atoms with Crippen LogP contribution in [0, 0.1) is 0 Å². The summed E-state index contributed by atoms with van der Waals surface area (Å²) in [4.78, 5) is 6.92. The second-order valence-electron chi connectivity index (χ2n) is 4.24. The molecule has 1 aromatic heterocycles. The molecule has 0 spiro atoms. The molecule has 8 heteroatoms. The fourth-order valence-electron chi connectivity index (χ4n) is 1.81. The van der Waals surface area contributed by atoms with Gasteiger partial charge in [-0.25, -0.2) is 18.1 Å². The molecule has 0 bridgehead atoms. The Morgan fingerprint density at radius 3 is 2.62 bits per heavy atom. The normalized spacial score (nSPS) is 11.3. The fourth-order valence-corrected chi connectivity index (χ4v) is 2.86. The average molecular weight is 311 g/mol. The van der Waals surface area contributed by atoms with Crippen molar-refractivity contribution >= 4 is 10.0 Å². The van der Waals surface area contributed by atoms with Gasteiger partial charge in [-0.1, -0.05) is 0 Å². The third-order valence-electron chi connectivity index (χ3n) is 2.91. The standard InChI is InChI=1S/C13H17N3O4S/c1-19-12-4-3-11(7-13(12)20-2)21(17,18)16-6-5-10-8-14-9-15-10/h3-4,7-9,16H,5-6H2,1-2H3,(H,14,15). The molecular weight excluding hydrogens is 294 g/mol. The molecule has 0 aliphatic rings. The maximum atomic E-state index is 12.2. The van der Waals surface area contributed by atoms with Gasteiger partial charge in [0.1, 0.15) is 0 Å². The van der Waals surface area contributed by atoms with Crippen LogP contribution in [0.15, 0.2) is 35.6 Å². The van der Waals surface area contributed by atoms with Crippen LogP contribution in [0.1, 0.15) is 5.69 Å². The van der Waals surface area contributed by atoms with Gasteiger partial charge in [-0.2, -0.15) is 0 Å². The van der Waals surface area contributed by atoms with Crippen molar-refractivity contribution < 1.29 is 17.9 Å². The van der Waals surface area contributed by atoms with Crippen LogP contribution in [0.25, 0.3) is 0 Å². The molecular formula is C13H17N3O4S. The Hall–Kier alpha value is -2.06. The highest BCUT2D eigenvalue weighted by Crippen LogP contribution is 2.29. The summed E-state index contributed by atoms with van der Waals surface area (Å²) in [5.41, 5.74) is 0.866. The Morgan fingerprint density at radius 1 is 1.24 bits per heavy atom. The molecule has 2 rings (SSSR count). The van der Waals surface area contributed by atoms with Gasteiger partial charge in [0.15, 0.2) is 11.5 Å². The number of imidazole rings is 1. The van der Waals surface area contributed by atoms with E-state index in [1.54, 1.807) is 18.6 Å². The van der Waals surface area contributed by atoms with Crippen molar-refractivity contribution in [3.8, 4) is 11.5 Å². The van der Waals surface area contributed by atoms with Crippen molar-refractivity contribution in [2.75, 3.05) is 20.8 Å². The lowest BCUT2D eigenvalue weighted by Gasteiger charge is -2.10. The summed E-state index contributed by atoms with van der Waals surface area (Å²) in [5.74, 6) is 0.850. The molecule has 0 fully saturated rings. The largest absolute Gasteiger partial charge is 0.493 e. The highest BCUT2D eigenvalue weighted by Gasteiger charge is 2.16. The van der Waals surface area contributed by atoms with E-state index < -0.39 is 10.0 Å². The van der Waals surface area contributed by atoms with E-state index in [1.165, 1.54) is 26.4 Å². The van der Waals surface area contributed by atoms with E-state index in [1.807, 2.05) is 0 Å². The molecule has 7 nitrogen and oxygen atoms in total. The molecule has 0 aliphatic heterocycles. The van der Waals surface area contributed by atoms with E-state index in [0.717, 1.165) is 5.69 Å². The molecule has 2 aromatic rings. The number of methoxy groups -OCH3 is 2. The number of aromatic amines is 1. The minimum atomic E-state index is -3.59. The summed E-state index contributed by atoms with van der Waals surface area (Å²) >= 11 is 0. The minimum Gasteiger partial charge on any atom is -0.493 e. The number of sulfonamides is 1. The molecule has 0 atom stereocenters. The number of benzene rings is 1. The van der Waals surface area contributed by atoms with Gasteiger partial charge in [0.05, 0.1) is 25.4 Å². The first-order chi connectivity index (χ1) is 10.1. The summed E-state index contributed by atoms with van der Waals surface area (Å²) in [6, 6.07) is 4.46. The Balaban J connectivity index is 2.08. The van der Waals surface area contributed by atoms with Gasteiger partial charge in [-0.3, -0.25) is 0 Å².